The van der Waals surface area contributed by atoms with Gasteiger partial charge in [0.05, 0.1) is 24.9 Å². The molecule has 5 heterocycles. The van der Waals surface area contributed by atoms with Crippen LogP contribution in [0.15, 0.2) is 77.9 Å². The molecule has 15 nitrogen and oxygen atoms in total. The summed E-state index contributed by atoms with van der Waals surface area (Å²) in [7, 11) is 0. The monoisotopic (exact) mass is 794 g/mol. The number of carbonyl (C=O) groups is 2. The zero-order valence-corrected chi connectivity index (χ0v) is 34.6. The number of hydrogen-bond donors (Lipinski definition) is 4. The molecule has 58 heavy (non-hydrogen) atoms. The van der Waals surface area contributed by atoms with Gasteiger partial charge in [-0.2, -0.15) is 4.98 Å². The van der Waals surface area contributed by atoms with E-state index in [1.54, 1.807) is 55.9 Å². The molecule has 0 bridgehead atoms. The van der Waals surface area contributed by atoms with Crippen molar-refractivity contribution in [2.45, 2.75) is 91.5 Å². The summed E-state index contributed by atoms with van der Waals surface area (Å²) in [5, 5.41) is 27.3. The van der Waals surface area contributed by atoms with Crippen LogP contribution >= 0.6 is 0 Å². The number of rotatable bonds is 15. The topological polar surface area (TPSA) is 174 Å². The Bertz CT molecular complexity index is 2190. The average molecular weight is 795 g/mol. The highest BCUT2D eigenvalue weighted by Gasteiger charge is 2.37. The van der Waals surface area contributed by atoms with E-state index in [1.807, 2.05) is 32.9 Å². The minimum absolute atomic E-state index is 0.120. The first-order valence-corrected chi connectivity index (χ1v) is 20.1. The van der Waals surface area contributed by atoms with Crippen LogP contribution in [-0.2, 0) is 21.7 Å². The summed E-state index contributed by atoms with van der Waals surface area (Å²) in [6, 6.07) is 12.8. The van der Waals surface area contributed by atoms with Gasteiger partial charge in [-0.25, -0.2) is 19.3 Å². The van der Waals surface area contributed by atoms with Gasteiger partial charge >= 0.3 is 0 Å². The minimum atomic E-state index is -1.17. The standard InChI is InChI=1S/C43H58N10O5/c1-8-20-52-39(56)32-26-44-41(48-38(32)53(52)35-14-12-13-34(46-35)43(6,7)58)45-30-16-18-31(19-17-30)50-24-22-49(23-25-50)21-11-9-10-15-36(55)47-37(42(3,4)5)40(57)51-27-29(2)33(54)28-51/h8,12-14,16-19,26-27,33,37,54,58H,1,9-11,15,20-25,28H2,2-7H3,(H,47,55)(H,44,45,48)/t33-,37?/m1/s1. The van der Waals surface area contributed by atoms with Crippen molar-refractivity contribution in [1.82, 2.24) is 39.4 Å². The van der Waals surface area contributed by atoms with Gasteiger partial charge in [0, 0.05) is 56.4 Å². The van der Waals surface area contributed by atoms with Gasteiger partial charge in [-0.15, -0.1) is 6.58 Å². The van der Waals surface area contributed by atoms with Crippen LogP contribution in [0.5, 0.6) is 0 Å². The van der Waals surface area contributed by atoms with Crippen molar-refractivity contribution >= 4 is 40.2 Å². The molecule has 2 aliphatic rings. The first-order valence-electron chi connectivity index (χ1n) is 20.1. The number of fused-ring (bicyclic) bond motifs is 1. The lowest BCUT2D eigenvalue weighted by molar-refractivity contribution is -0.137. The van der Waals surface area contributed by atoms with E-state index < -0.39 is 23.2 Å². The van der Waals surface area contributed by atoms with Crippen molar-refractivity contribution in [3.63, 3.8) is 0 Å². The number of aliphatic hydroxyl groups excluding tert-OH is 1. The number of allylic oxidation sites excluding steroid dienone is 1. The molecular formula is C43H58N10O5. The summed E-state index contributed by atoms with van der Waals surface area (Å²) < 4.78 is 3.14. The average Bonchev–Trinajstić information content (AvgIpc) is 3.67. The van der Waals surface area contributed by atoms with E-state index in [2.05, 4.69) is 49.1 Å². The number of aromatic nitrogens is 5. The van der Waals surface area contributed by atoms with E-state index in [-0.39, 0.29) is 30.5 Å². The van der Waals surface area contributed by atoms with Gasteiger partial charge < -0.3 is 30.6 Å². The Hall–Kier alpha value is -5.38. The second-order valence-electron chi connectivity index (χ2n) is 16.9. The van der Waals surface area contributed by atoms with E-state index in [0.29, 0.717) is 34.9 Å². The quantitative estimate of drug-likeness (QED) is 0.0989. The number of carbonyl (C=O) groups excluding carboxylic acids is 2. The Kier molecular flexibility index (Phi) is 12.8. The molecular weight excluding hydrogens is 737 g/mol. The highest BCUT2D eigenvalue weighted by atomic mass is 16.3. The fourth-order valence-electron chi connectivity index (χ4n) is 7.32. The maximum Gasteiger partial charge on any atom is 0.278 e. The van der Waals surface area contributed by atoms with Crippen LogP contribution in [0.1, 0.15) is 72.9 Å². The second kappa shape index (κ2) is 17.6. The maximum absolute atomic E-state index is 13.4. The molecule has 1 aromatic carbocycles. The third-order valence-electron chi connectivity index (χ3n) is 10.8. The molecule has 310 valence electrons. The lowest BCUT2D eigenvalue weighted by Crippen LogP contribution is -2.53. The van der Waals surface area contributed by atoms with Crippen LogP contribution in [-0.4, -0.2) is 108 Å². The van der Waals surface area contributed by atoms with Gasteiger partial charge in [-0.3, -0.25) is 19.3 Å². The Morgan fingerprint density at radius 3 is 2.36 bits per heavy atom. The van der Waals surface area contributed by atoms with Crippen molar-refractivity contribution < 1.29 is 19.8 Å². The van der Waals surface area contributed by atoms with Crippen LogP contribution in [0.25, 0.3) is 16.9 Å². The molecule has 1 saturated heterocycles. The van der Waals surface area contributed by atoms with E-state index in [1.165, 1.54) is 15.8 Å². The number of anilines is 3. The first kappa shape index (κ1) is 42.2. The molecule has 6 rings (SSSR count). The largest absolute Gasteiger partial charge is 0.387 e. The fraction of sp³-hybridized carbons (Fsp3) is 0.488. The SMILES string of the molecule is C=CCn1c(=O)c2cnc(Nc3ccc(N4CCN(CCCCCC(=O)NC(C(=O)N5C=C(C)[C@H](O)C5)C(C)(C)C)CC4)cc3)nc2n1-c1cccc(C(C)(C)O)n1. The summed E-state index contributed by atoms with van der Waals surface area (Å²) in [6.45, 7) is 19.9. The predicted molar refractivity (Wildman–Crippen MR) is 226 cm³/mol. The fourth-order valence-corrected chi connectivity index (χ4v) is 7.32. The van der Waals surface area contributed by atoms with Crippen LogP contribution in [0, 0.1) is 5.41 Å². The normalized spacial score (nSPS) is 17.0. The van der Waals surface area contributed by atoms with Crippen LogP contribution in [0.4, 0.5) is 17.3 Å². The molecule has 4 N–H and O–H groups in total. The van der Waals surface area contributed by atoms with Crippen LogP contribution in [0.3, 0.4) is 0 Å². The summed E-state index contributed by atoms with van der Waals surface area (Å²) in [6.07, 6.45) is 7.22. The number of nitrogens with zero attached hydrogens (tertiary/aromatic N) is 8. The van der Waals surface area contributed by atoms with Gasteiger partial charge in [-0.1, -0.05) is 39.3 Å². The zero-order chi connectivity index (χ0) is 41.8. The van der Waals surface area contributed by atoms with Crippen LogP contribution in [0.2, 0.25) is 0 Å². The number of unbranched alkanes of at least 4 members (excludes halogenated alkanes) is 2. The highest BCUT2D eigenvalue weighted by molar-refractivity contribution is 5.89. The van der Waals surface area contributed by atoms with Crippen molar-refractivity contribution in [3.8, 4) is 5.82 Å². The zero-order valence-electron chi connectivity index (χ0n) is 34.6. The molecule has 0 spiro atoms. The van der Waals surface area contributed by atoms with E-state index in [9.17, 15) is 24.6 Å². The molecule has 1 fully saturated rings. The number of hydrogen-bond acceptors (Lipinski definition) is 11. The number of pyridine rings is 1. The van der Waals surface area contributed by atoms with Crippen molar-refractivity contribution in [2.75, 3.05) is 49.5 Å². The van der Waals surface area contributed by atoms with Crippen LogP contribution < -0.4 is 21.1 Å². The van der Waals surface area contributed by atoms with Crippen molar-refractivity contribution in [3.05, 3.63) is 89.1 Å². The maximum atomic E-state index is 13.4. The number of aliphatic hydroxyl groups is 2. The van der Waals surface area contributed by atoms with Crippen molar-refractivity contribution in [2.24, 2.45) is 5.41 Å². The Balaban J connectivity index is 0.977. The van der Waals surface area contributed by atoms with Gasteiger partial charge in [0.1, 0.15) is 17.0 Å². The molecule has 0 saturated carbocycles. The highest BCUT2D eigenvalue weighted by Crippen LogP contribution is 2.26. The second-order valence-corrected chi connectivity index (χ2v) is 16.9. The summed E-state index contributed by atoms with van der Waals surface area (Å²) in [5.74, 6) is 0.456. The van der Waals surface area contributed by atoms with Crippen molar-refractivity contribution in [1.29, 1.82) is 0 Å². The third kappa shape index (κ3) is 9.83. The van der Waals surface area contributed by atoms with E-state index >= 15 is 0 Å². The number of benzene rings is 1. The molecule has 0 radical (unpaired) electrons. The molecule has 2 amide bonds. The molecule has 2 aliphatic heterocycles. The number of β-amino-alcohol motifs (C(OH)–C–C–N with tert-alkyl or cyclic N) is 1. The minimum Gasteiger partial charge on any atom is -0.387 e. The molecule has 15 heteroatoms. The summed E-state index contributed by atoms with van der Waals surface area (Å²) in [4.78, 5) is 59.7. The number of piperazine rings is 1. The van der Waals surface area contributed by atoms with Gasteiger partial charge in [0.15, 0.2) is 11.5 Å². The first-order chi connectivity index (χ1) is 27.5. The Morgan fingerprint density at radius 2 is 1.72 bits per heavy atom. The Labute approximate surface area is 340 Å². The number of amides is 2. The van der Waals surface area contributed by atoms with E-state index in [0.717, 1.165) is 68.9 Å². The smallest absolute Gasteiger partial charge is 0.278 e. The molecule has 2 atom stereocenters. The lowest BCUT2D eigenvalue weighted by Gasteiger charge is -2.36. The van der Waals surface area contributed by atoms with Gasteiger partial charge in [0.25, 0.3) is 5.56 Å². The summed E-state index contributed by atoms with van der Waals surface area (Å²) in [5.41, 5.74) is 1.62. The third-order valence-corrected chi connectivity index (χ3v) is 10.8. The lowest BCUT2D eigenvalue weighted by atomic mass is 9.85. The molecule has 0 aliphatic carbocycles. The Morgan fingerprint density at radius 1 is 1.00 bits per heavy atom. The summed E-state index contributed by atoms with van der Waals surface area (Å²) >= 11 is 0. The molecule has 3 aromatic heterocycles. The number of nitrogens with one attached hydrogen (secondary N) is 2. The van der Waals surface area contributed by atoms with E-state index in [4.69, 9.17) is 4.98 Å². The molecule has 1 unspecified atom stereocenters. The van der Waals surface area contributed by atoms with Gasteiger partial charge in [-0.05, 0) is 87.5 Å². The molecule has 4 aromatic rings. The van der Waals surface area contributed by atoms with Gasteiger partial charge in [0.2, 0.25) is 17.8 Å². The predicted octanol–water partition coefficient (Wildman–Crippen LogP) is 4.45.